The number of carboxylic acid groups (broad SMARTS) is 1. The molecule has 0 aromatic carbocycles. The Hall–Kier alpha value is -2.18. The summed E-state index contributed by atoms with van der Waals surface area (Å²) in [6.07, 6.45) is 3.12. The van der Waals surface area contributed by atoms with E-state index in [0.29, 0.717) is 21.4 Å². The summed E-state index contributed by atoms with van der Waals surface area (Å²) in [6, 6.07) is 5.41. The minimum atomic E-state index is -1.04. The van der Waals surface area contributed by atoms with Crippen molar-refractivity contribution in [3.63, 3.8) is 0 Å². The Morgan fingerprint density at radius 2 is 2.24 bits per heavy atom. The molecule has 0 unspecified atom stereocenters. The Bertz CT molecular complexity index is 825. The molecule has 3 aromatic rings. The van der Waals surface area contributed by atoms with Crippen LogP contribution in [-0.4, -0.2) is 25.8 Å². The van der Waals surface area contributed by atoms with E-state index in [1.807, 2.05) is 19.1 Å². The molecule has 1 N–H and O–H groups in total. The molecule has 0 aliphatic heterocycles. The highest BCUT2D eigenvalue weighted by atomic mass is 35.5. The molecule has 0 spiro atoms. The van der Waals surface area contributed by atoms with E-state index in [9.17, 15) is 9.90 Å². The van der Waals surface area contributed by atoms with Crippen molar-refractivity contribution in [2.24, 2.45) is 0 Å². The zero-order valence-corrected chi connectivity index (χ0v) is 12.5. The molecule has 3 aromatic heterocycles. The molecule has 0 atom stereocenters. The van der Waals surface area contributed by atoms with Crippen molar-refractivity contribution >= 4 is 28.9 Å². The minimum Gasteiger partial charge on any atom is -0.478 e. The van der Waals surface area contributed by atoms with Crippen LogP contribution in [0, 0.1) is 6.92 Å². The lowest BCUT2D eigenvalue weighted by molar-refractivity contribution is 0.0697. The van der Waals surface area contributed by atoms with E-state index >= 15 is 0 Å². The van der Waals surface area contributed by atoms with Gasteiger partial charge in [0.15, 0.2) is 5.82 Å². The number of carbonyl (C=O) groups is 1. The Morgan fingerprint density at radius 3 is 2.86 bits per heavy atom. The van der Waals surface area contributed by atoms with Crippen molar-refractivity contribution in [1.29, 1.82) is 0 Å². The first-order valence-electron chi connectivity index (χ1n) is 6.05. The van der Waals surface area contributed by atoms with Gasteiger partial charge < -0.3 is 5.11 Å². The number of hydrogen-bond acceptors (Lipinski definition) is 4. The molecule has 0 saturated carbocycles. The fourth-order valence-electron chi connectivity index (χ4n) is 1.94. The van der Waals surface area contributed by atoms with Crippen LogP contribution < -0.4 is 0 Å². The number of aryl methyl sites for hydroxylation is 1. The Kier molecular flexibility index (Phi) is 3.48. The van der Waals surface area contributed by atoms with Gasteiger partial charge in [0.2, 0.25) is 0 Å². The maximum absolute atomic E-state index is 11.4. The van der Waals surface area contributed by atoms with Crippen LogP contribution in [0.2, 0.25) is 4.34 Å². The third kappa shape index (κ3) is 2.68. The average Bonchev–Trinajstić information content (AvgIpc) is 3.04. The smallest absolute Gasteiger partial charge is 0.339 e. The normalized spacial score (nSPS) is 10.8. The summed E-state index contributed by atoms with van der Waals surface area (Å²) in [5.74, 6) is -0.462. The van der Waals surface area contributed by atoms with E-state index in [1.54, 1.807) is 17.6 Å². The van der Waals surface area contributed by atoms with Gasteiger partial charge in [-0.05, 0) is 30.7 Å². The molecule has 7 heteroatoms. The van der Waals surface area contributed by atoms with Gasteiger partial charge >= 0.3 is 5.97 Å². The Labute approximate surface area is 129 Å². The van der Waals surface area contributed by atoms with Crippen LogP contribution in [0.4, 0.5) is 0 Å². The van der Waals surface area contributed by atoms with Crippen molar-refractivity contribution in [3.8, 4) is 17.1 Å². The fourth-order valence-corrected chi connectivity index (χ4v) is 2.81. The average molecular weight is 320 g/mol. The van der Waals surface area contributed by atoms with Crippen LogP contribution in [-0.2, 0) is 0 Å². The lowest BCUT2D eigenvalue weighted by Gasteiger charge is -2.00. The monoisotopic (exact) mass is 319 g/mol. The number of halogens is 1. The van der Waals surface area contributed by atoms with Crippen LogP contribution in [0.1, 0.15) is 15.9 Å². The lowest BCUT2D eigenvalue weighted by Crippen LogP contribution is -1.98. The van der Waals surface area contributed by atoms with Crippen molar-refractivity contribution in [2.75, 3.05) is 0 Å². The zero-order chi connectivity index (χ0) is 15.0. The van der Waals surface area contributed by atoms with Crippen molar-refractivity contribution in [2.45, 2.75) is 6.92 Å². The van der Waals surface area contributed by atoms with E-state index in [1.165, 1.54) is 22.2 Å². The number of rotatable bonds is 3. The van der Waals surface area contributed by atoms with Gasteiger partial charge in [-0.25, -0.2) is 14.5 Å². The molecule has 3 heterocycles. The largest absolute Gasteiger partial charge is 0.478 e. The molecule has 0 saturated heterocycles. The van der Waals surface area contributed by atoms with Gasteiger partial charge in [-0.3, -0.25) is 0 Å². The highest BCUT2D eigenvalue weighted by Crippen LogP contribution is 2.30. The van der Waals surface area contributed by atoms with Crippen LogP contribution in [0.5, 0.6) is 0 Å². The topological polar surface area (TPSA) is 68.0 Å². The zero-order valence-electron chi connectivity index (χ0n) is 10.9. The van der Waals surface area contributed by atoms with Gasteiger partial charge in [0.1, 0.15) is 11.3 Å². The molecule has 21 heavy (non-hydrogen) atoms. The van der Waals surface area contributed by atoms with Gasteiger partial charge in [0.05, 0.1) is 4.34 Å². The quantitative estimate of drug-likeness (QED) is 0.800. The summed E-state index contributed by atoms with van der Waals surface area (Å²) in [7, 11) is 0. The van der Waals surface area contributed by atoms with Crippen LogP contribution in [0.25, 0.3) is 17.1 Å². The first-order valence-corrected chi connectivity index (χ1v) is 7.31. The molecule has 0 radical (unpaired) electrons. The van der Waals surface area contributed by atoms with Crippen LogP contribution >= 0.6 is 22.9 Å². The van der Waals surface area contributed by atoms with Crippen LogP contribution in [0.15, 0.2) is 36.0 Å². The molecule has 0 aliphatic rings. The van der Waals surface area contributed by atoms with Crippen LogP contribution in [0.3, 0.4) is 0 Å². The maximum atomic E-state index is 11.4. The predicted molar refractivity (Wildman–Crippen MR) is 81.4 cm³/mol. The number of nitrogens with zero attached hydrogens (tertiary/aromatic N) is 3. The Morgan fingerprint density at radius 1 is 1.43 bits per heavy atom. The number of carboxylic acids is 1. The van der Waals surface area contributed by atoms with E-state index < -0.39 is 5.97 Å². The third-order valence-corrected chi connectivity index (χ3v) is 4.01. The van der Waals surface area contributed by atoms with Gasteiger partial charge in [-0.1, -0.05) is 11.6 Å². The Balaban J connectivity index is 2.15. The van der Waals surface area contributed by atoms with Crippen molar-refractivity contribution < 1.29 is 9.90 Å². The molecule has 3 rings (SSSR count). The van der Waals surface area contributed by atoms with Gasteiger partial charge in [0, 0.05) is 23.3 Å². The van der Waals surface area contributed by atoms with Crippen molar-refractivity contribution in [3.05, 3.63) is 51.4 Å². The molecule has 5 nitrogen and oxygen atoms in total. The molecule has 0 bridgehead atoms. The maximum Gasteiger partial charge on any atom is 0.339 e. The number of hydrogen-bond donors (Lipinski definition) is 1. The van der Waals surface area contributed by atoms with E-state index in [0.717, 1.165) is 5.56 Å². The van der Waals surface area contributed by atoms with E-state index in [-0.39, 0.29) is 5.56 Å². The lowest BCUT2D eigenvalue weighted by atomic mass is 10.1. The highest BCUT2D eigenvalue weighted by Gasteiger charge is 2.19. The molecule has 106 valence electrons. The van der Waals surface area contributed by atoms with Gasteiger partial charge in [-0.15, -0.1) is 11.3 Å². The summed E-state index contributed by atoms with van der Waals surface area (Å²) >= 11 is 7.25. The highest BCUT2D eigenvalue weighted by molar-refractivity contribution is 7.14. The summed E-state index contributed by atoms with van der Waals surface area (Å²) in [6.45, 7) is 1.94. The summed E-state index contributed by atoms with van der Waals surface area (Å²) in [5, 5.41) is 15.5. The molecule has 0 fully saturated rings. The summed E-state index contributed by atoms with van der Waals surface area (Å²) < 4.78 is 2.06. The second-order valence-corrected chi connectivity index (χ2v) is 6.01. The first-order chi connectivity index (χ1) is 10.0. The van der Waals surface area contributed by atoms with E-state index in [2.05, 4.69) is 10.1 Å². The first kappa shape index (κ1) is 13.8. The predicted octanol–water partition coefficient (Wildman–Crippen LogP) is 3.66. The third-order valence-electron chi connectivity index (χ3n) is 2.92. The number of thiophene rings is 1. The number of pyridine rings is 1. The van der Waals surface area contributed by atoms with E-state index in [4.69, 9.17) is 11.6 Å². The second kappa shape index (κ2) is 5.31. The minimum absolute atomic E-state index is 0.118. The standard InChI is InChI=1S/C14H10ClN3O2S/c1-8-2-3-16-12(4-8)18-6-10(14(19)20)13(17-18)9-5-11(15)21-7-9/h2-7H,1H3,(H,19,20). The molecule has 0 aliphatic carbocycles. The second-order valence-electron chi connectivity index (χ2n) is 4.47. The SMILES string of the molecule is Cc1ccnc(-n2cc(C(=O)O)c(-c3csc(Cl)c3)n2)c1. The van der Waals surface area contributed by atoms with Gasteiger partial charge in [0.25, 0.3) is 0 Å². The number of aromatic nitrogens is 3. The van der Waals surface area contributed by atoms with Crippen molar-refractivity contribution in [1.82, 2.24) is 14.8 Å². The number of aromatic carboxylic acids is 1. The molecule has 0 amide bonds. The van der Waals surface area contributed by atoms with Gasteiger partial charge in [-0.2, -0.15) is 5.10 Å². The fraction of sp³-hybridized carbons (Fsp3) is 0.0714. The summed E-state index contributed by atoms with van der Waals surface area (Å²) in [5.41, 5.74) is 2.21. The molecular weight excluding hydrogens is 310 g/mol. The summed E-state index contributed by atoms with van der Waals surface area (Å²) in [4.78, 5) is 15.6. The molecular formula is C14H10ClN3O2S.